The van der Waals surface area contributed by atoms with E-state index in [1.54, 1.807) is 18.3 Å². The third-order valence-corrected chi connectivity index (χ3v) is 10.2. The monoisotopic (exact) mass is 576 g/mol. The summed E-state index contributed by atoms with van der Waals surface area (Å²) >= 11 is 0. The first-order chi connectivity index (χ1) is 19.8. The summed E-state index contributed by atoms with van der Waals surface area (Å²) in [5, 5.41) is 0.0187. The highest BCUT2D eigenvalue weighted by Crippen LogP contribution is 2.35. The number of carbonyl (C=O) groups excluding carboxylic acids is 1. The molecule has 0 bridgehead atoms. The van der Waals surface area contributed by atoms with Crippen molar-refractivity contribution in [1.82, 2.24) is 19.7 Å². The lowest BCUT2D eigenvalue weighted by molar-refractivity contribution is 0.0258. The Hall–Kier alpha value is -3.47. The molecule has 3 aliphatic heterocycles. The van der Waals surface area contributed by atoms with Crippen LogP contribution in [0.15, 0.2) is 70.7 Å². The van der Waals surface area contributed by atoms with Crippen LogP contribution in [0.1, 0.15) is 41.3 Å². The normalized spacial score (nSPS) is 20.3. The van der Waals surface area contributed by atoms with Crippen LogP contribution in [-0.2, 0) is 16.4 Å². The summed E-state index contributed by atoms with van der Waals surface area (Å²) in [5.41, 5.74) is 2.82. The Morgan fingerprint density at radius 3 is 2.49 bits per heavy atom. The van der Waals surface area contributed by atoms with Gasteiger partial charge < -0.3 is 14.4 Å². The van der Waals surface area contributed by atoms with E-state index in [0.717, 1.165) is 68.8 Å². The Morgan fingerprint density at radius 2 is 1.76 bits per heavy atom. The summed E-state index contributed by atoms with van der Waals surface area (Å²) in [6.45, 7) is 9.51. The molecule has 9 nitrogen and oxygen atoms in total. The van der Waals surface area contributed by atoms with Gasteiger partial charge >= 0.3 is 0 Å². The van der Waals surface area contributed by atoms with E-state index in [1.165, 1.54) is 12.1 Å². The number of hydrogen-bond donors (Lipinski definition) is 0. The number of hydrogen-bond acceptors (Lipinski definition) is 8. The first kappa shape index (κ1) is 27.7. The highest BCUT2D eigenvalue weighted by molar-refractivity contribution is 7.91. The van der Waals surface area contributed by atoms with Gasteiger partial charge in [0.25, 0.3) is 5.91 Å². The molecule has 3 aliphatic rings. The number of benzene rings is 2. The van der Waals surface area contributed by atoms with Gasteiger partial charge in [0.2, 0.25) is 16.6 Å². The van der Waals surface area contributed by atoms with Gasteiger partial charge in [0.15, 0.2) is 16.5 Å². The van der Waals surface area contributed by atoms with E-state index in [9.17, 15) is 13.2 Å². The number of likely N-dealkylation sites (tertiary alicyclic amines) is 1. The van der Waals surface area contributed by atoms with E-state index in [4.69, 9.17) is 9.47 Å². The van der Waals surface area contributed by atoms with Crippen molar-refractivity contribution in [3.63, 3.8) is 0 Å². The van der Waals surface area contributed by atoms with Gasteiger partial charge in [0.1, 0.15) is 0 Å². The van der Waals surface area contributed by atoms with Gasteiger partial charge in [-0.15, -0.1) is 0 Å². The van der Waals surface area contributed by atoms with Crippen LogP contribution in [-0.4, -0.2) is 85.6 Å². The lowest BCUT2D eigenvalue weighted by Crippen LogP contribution is -2.56. The summed E-state index contributed by atoms with van der Waals surface area (Å²) in [6, 6.07) is 16.7. The number of carbonyl (C=O) groups is 1. The Balaban J connectivity index is 1.02. The predicted octanol–water partition coefficient (Wildman–Crippen LogP) is 3.76. The van der Waals surface area contributed by atoms with Gasteiger partial charge in [0.05, 0.1) is 4.90 Å². The quantitative estimate of drug-likeness (QED) is 0.438. The molecule has 2 aromatic carbocycles. The first-order valence-electron chi connectivity index (χ1n) is 14.2. The zero-order valence-corrected chi connectivity index (χ0v) is 24.3. The number of piperazine rings is 1. The molecule has 2 saturated heterocycles. The molecule has 6 rings (SSSR count). The number of aromatic nitrogens is 1. The van der Waals surface area contributed by atoms with Gasteiger partial charge in [-0.1, -0.05) is 24.3 Å². The van der Waals surface area contributed by atoms with Crippen LogP contribution in [0.5, 0.6) is 11.5 Å². The van der Waals surface area contributed by atoms with Crippen molar-refractivity contribution in [2.24, 2.45) is 0 Å². The fraction of sp³-hybridized carbons (Fsp3) is 0.419. The van der Waals surface area contributed by atoms with Gasteiger partial charge in [0, 0.05) is 69.2 Å². The average molecular weight is 577 g/mol. The third-order valence-electron chi connectivity index (χ3n) is 8.55. The Bertz CT molecular complexity index is 1520. The van der Waals surface area contributed by atoms with Crippen molar-refractivity contribution < 1.29 is 22.7 Å². The summed E-state index contributed by atoms with van der Waals surface area (Å²) in [4.78, 5) is 24.5. The lowest BCUT2D eigenvalue weighted by Gasteiger charge is -2.45. The molecule has 2 fully saturated rings. The Morgan fingerprint density at radius 1 is 0.976 bits per heavy atom. The van der Waals surface area contributed by atoms with E-state index in [1.807, 2.05) is 42.2 Å². The van der Waals surface area contributed by atoms with Crippen molar-refractivity contribution in [3.8, 4) is 11.5 Å². The minimum absolute atomic E-state index is 0.0187. The van der Waals surface area contributed by atoms with E-state index >= 15 is 0 Å². The smallest absolute Gasteiger partial charge is 0.254 e. The van der Waals surface area contributed by atoms with Crippen LogP contribution in [0.2, 0.25) is 0 Å². The summed E-state index contributed by atoms with van der Waals surface area (Å²) in [5.74, 6) is 1.11. The van der Waals surface area contributed by atoms with Crippen LogP contribution in [0.25, 0.3) is 0 Å². The van der Waals surface area contributed by atoms with E-state index in [0.29, 0.717) is 23.6 Å². The highest BCUT2D eigenvalue weighted by Gasteiger charge is 2.32. The second-order valence-electron chi connectivity index (χ2n) is 11.2. The molecule has 4 heterocycles. The van der Waals surface area contributed by atoms with Crippen LogP contribution >= 0.6 is 0 Å². The molecule has 3 aromatic rings. The number of fused-ring (bicyclic) bond motifs is 1. The second-order valence-corrected chi connectivity index (χ2v) is 13.1. The molecule has 1 aromatic heterocycles. The number of aryl methyl sites for hydroxylation is 1. The number of piperidine rings is 1. The minimum atomic E-state index is -3.76. The van der Waals surface area contributed by atoms with Gasteiger partial charge in [-0.2, -0.15) is 0 Å². The highest BCUT2D eigenvalue weighted by atomic mass is 32.2. The van der Waals surface area contributed by atoms with Crippen molar-refractivity contribution in [2.45, 2.75) is 55.2 Å². The van der Waals surface area contributed by atoms with Crippen LogP contribution in [0, 0.1) is 6.92 Å². The maximum Gasteiger partial charge on any atom is 0.254 e. The molecule has 10 heteroatoms. The zero-order chi connectivity index (χ0) is 28.6. The predicted molar refractivity (Wildman–Crippen MR) is 154 cm³/mol. The summed E-state index contributed by atoms with van der Waals surface area (Å²) in [7, 11) is -3.76. The van der Waals surface area contributed by atoms with Gasteiger partial charge in [-0.25, -0.2) is 13.4 Å². The lowest BCUT2D eigenvalue weighted by atomic mass is 9.99. The standard InChI is InChI=1S/C31H36N4O5S/c1-22-5-3-4-6-27(22)31(36)33-13-11-25(12-14-33)35-16-15-34(23(2)19-35)20-24-7-10-30(32-18-24)41(37,38)26-8-9-28-29(17-26)40-21-39-28/h3-10,17-18,23,25H,11-16,19-21H2,1-2H3/t23-/m1/s1. The number of pyridine rings is 1. The van der Waals surface area contributed by atoms with Crippen molar-refractivity contribution in [3.05, 3.63) is 77.5 Å². The van der Waals surface area contributed by atoms with Gasteiger partial charge in [-0.3, -0.25) is 14.6 Å². The number of sulfone groups is 1. The maximum absolute atomic E-state index is 13.1. The van der Waals surface area contributed by atoms with E-state index in [-0.39, 0.29) is 22.6 Å². The topological polar surface area (TPSA) is 92.3 Å². The molecule has 0 unspecified atom stereocenters. The number of ether oxygens (including phenoxy) is 2. The molecule has 1 atom stereocenters. The number of amides is 1. The molecular formula is C31H36N4O5S. The van der Waals surface area contributed by atoms with Crippen molar-refractivity contribution in [2.75, 3.05) is 39.5 Å². The van der Waals surface area contributed by atoms with E-state index in [2.05, 4.69) is 21.7 Å². The molecule has 0 aliphatic carbocycles. The largest absolute Gasteiger partial charge is 0.454 e. The molecule has 0 spiro atoms. The summed E-state index contributed by atoms with van der Waals surface area (Å²) < 4.78 is 36.9. The van der Waals surface area contributed by atoms with Crippen LogP contribution in [0.3, 0.4) is 0 Å². The minimum Gasteiger partial charge on any atom is -0.454 e. The zero-order valence-electron chi connectivity index (χ0n) is 23.5. The SMILES string of the molecule is Cc1ccccc1C(=O)N1CCC(N2CCN(Cc3ccc(S(=O)(=O)c4ccc5c(c4)OCO5)nc3)[C@H](C)C2)CC1. The molecular weight excluding hydrogens is 540 g/mol. The van der Waals surface area contributed by atoms with Crippen molar-refractivity contribution >= 4 is 15.7 Å². The molecule has 41 heavy (non-hydrogen) atoms. The molecule has 0 saturated carbocycles. The molecule has 216 valence electrons. The first-order valence-corrected chi connectivity index (χ1v) is 15.7. The molecule has 1 amide bonds. The van der Waals surface area contributed by atoms with Gasteiger partial charge in [-0.05, 0) is 62.1 Å². The molecule has 0 N–H and O–H groups in total. The summed E-state index contributed by atoms with van der Waals surface area (Å²) in [6.07, 6.45) is 3.65. The third kappa shape index (κ3) is 5.68. The fourth-order valence-electron chi connectivity index (χ4n) is 6.07. The number of rotatable bonds is 6. The van der Waals surface area contributed by atoms with Crippen molar-refractivity contribution in [1.29, 1.82) is 0 Å². The fourth-order valence-corrected chi connectivity index (χ4v) is 7.26. The van der Waals surface area contributed by atoms with E-state index < -0.39 is 9.84 Å². The maximum atomic E-state index is 13.1. The second kappa shape index (κ2) is 11.4. The van der Waals surface area contributed by atoms with Crippen LogP contribution in [0.4, 0.5) is 0 Å². The van der Waals surface area contributed by atoms with Crippen LogP contribution < -0.4 is 9.47 Å². The number of nitrogens with zero attached hydrogens (tertiary/aromatic N) is 4. The Kier molecular flexibility index (Phi) is 7.72. The Labute approximate surface area is 241 Å². The average Bonchev–Trinajstić information content (AvgIpc) is 3.47. The molecule has 0 radical (unpaired) electrons.